The van der Waals surface area contributed by atoms with Gasteiger partial charge in [0.1, 0.15) is 11.5 Å². The van der Waals surface area contributed by atoms with Gasteiger partial charge in [-0.05, 0) is 12.1 Å². The summed E-state index contributed by atoms with van der Waals surface area (Å²) in [7, 11) is 1.51. The molecule has 1 aromatic carbocycles. The lowest BCUT2D eigenvalue weighted by Crippen LogP contribution is -1.99. The van der Waals surface area contributed by atoms with Crippen molar-refractivity contribution in [3.05, 3.63) is 28.4 Å². The Kier molecular flexibility index (Phi) is 3.24. The molecule has 5 N–H and O–H groups in total. The van der Waals surface area contributed by atoms with E-state index < -0.39 is 0 Å². The van der Waals surface area contributed by atoms with E-state index in [-0.39, 0.29) is 5.76 Å². The Balaban J connectivity index is 3.36. The summed E-state index contributed by atoms with van der Waals surface area (Å²) in [6, 6.07) is 3.37. The molecule has 0 unspecified atom stereocenters. The van der Waals surface area contributed by atoms with Crippen LogP contribution in [0, 0.1) is 0 Å². The number of hydrogen-bond acceptors (Lipinski definition) is 4. The Hall–Kier alpha value is -1.36. The fraction of sp³-hybridized carbons (Fsp3) is 0.111. The van der Waals surface area contributed by atoms with Crippen LogP contribution in [0.2, 0.25) is 0 Å². The summed E-state index contributed by atoms with van der Waals surface area (Å²) in [6.45, 7) is 0. The molecule has 0 amide bonds. The smallest absolute Gasteiger partial charge is 0.143 e. The number of ether oxygens (including phenoxy) is 1. The van der Waals surface area contributed by atoms with Crippen molar-refractivity contribution in [1.82, 2.24) is 0 Å². The predicted molar refractivity (Wildman–Crippen MR) is 59.9 cm³/mol. The van der Waals surface area contributed by atoms with Gasteiger partial charge in [0.05, 0.1) is 12.8 Å². The molecule has 0 atom stereocenters. The number of aliphatic hydroxyl groups is 1. The maximum Gasteiger partial charge on any atom is 0.143 e. The van der Waals surface area contributed by atoms with Gasteiger partial charge in [-0.25, -0.2) is 0 Å². The molecule has 4 nitrogen and oxygen atoms in total. The molecule has 0 saturated carbocycles. The van der Waals surface area contributed by atoms with Crippen LogP contribution in [0.25, 0.3) is 5.76 Å². The Morgan fingerprint density at radius 1 is 1.57 bits per heavy atom. The molecule has 76 valence electrons. The van der Waals surface area contributed by atoms with Gasteiger partial charge < -0.3 is 21.3 Å². The molecule has 0 saturated heterocycles. The first-order valence-corrected chi connectivity index (χ1v) is 4.63. The Morgan fingerprint density at radius 2 is 2.21 bits per heavy atom. The summed E-state index contributed by atoms with van der Waals surface area (Å²) in [5, 5.41) is 9.43. The number of benzene rings is 1. The van der Waals surface area contributed by atoms with Gasteiger partial charge in [-0.2, -0.15) is 0 Å². The number of methoxy groups -OCH3 is 1. The third kappa shape index (κ3) is 1.93. The van der Waals surface area contributed by atoms with Crippen LogP contribution in [0.1, 0.15) is 5.56 Å². The van der Waals surface area contributed by atoms with Gasteiger partial charge in [0.25, 0.3) is 0 Å². The lowest BCUT2D eigenvalue weighted by atomic mass is 10.1. The normalized spacial score (nSPS) is 11.4. The number of nitrogen functional groups attached to an aromatic ring is 1. The van der Waals surface area contributed by atoms with Gasteiger partial charge in [0, 0.05) is 16.2 Å². The summed E-state index contributed by atoms with van der Waals surface area (Å²) in [6.07, 6.45) is 1.08. The molecule has 0 radical (unpaired) electrons. The van der Waals surface area contributed by atoms with E-state index in [1.54, 1.807) is 12.1 Å². The van der Waals surface area contributed by atoms with E-state index in [4.69, 9.17) is 16.2 Å². The van der Waals surface area contributed by atoms with Crippen LogP contribution < -0.4 is 16.2 Å². The van der Waals surface area contributed by atoms with Crippen molar-refractivity contribution in [2.24, 2.45) is 5.73 Å². The average Bonchev–Trinajstić information content (AvgIpc) is 2.19. The molecule has 0 bridgehead atoms. The minimum atomic E-state index is -0.0814. The molecule has 0 aromatic heterocycles. The molecule has 14 heavy (non-hydrogen) atoms. The number of anilines is 1. The second-order valence-electron chi connectivity index (χ2n) is 2.62. The number of aliphatic hydroxyl groups excluding tert-OH is 1. The minimum Gasteiger partial charge on any atom is -0.506 e. The number of halogens is 1. The van der Waals surface area contributed by atoms with Crippen LogP contribution in [0.3, 0.4) is 0 Å². The number of rotatable bonds is 2. The molecule has 0 fully saturated rings. The van der Waals surface area contributed by atoms with E-state index in [9.17, 15) is 5.11 Å². The SMILES string of the molecule is COc1cc(Br)cc(/C(O)=C\N)c1N. The monoisotopic (exact) mass is 258 g/mol. The van der Waals surface area contributed by atoms with E-state index in [1.165, 1.54) is 7.11 Å². The highest BCUT2D eigenvalue weighted by atomic mass is 79.9. The topological polar surface area (TPSA) is 81.5 Å². The van der Waals surface area contributed by atoms with Gasteiger partial charge in [0.15, 0.2) is 0 Å². The maximum absolute atomic E-state index is 9.43. The first-order valence-electron chi connectivity index (χ1n) is 3.84. The molecular formula is C9H11BrN2O2. The largest absolute Gasteiger partial charge is 0.506 e. The first kappa shape index (κ1) is 10.7. The molecule has 0 heterocycles. The van der Waals surface area contributed by atoms with E-state index in [2.05, 4.69) is 15.9 Å². The molecule has 1 aromatic rings. The van der Waals surface area contributed by atoms with Gasteiger partial charge in [-0.3, -0.25) is 0 Å². The second kappa shape index (κ2) is 4.23. The number of hydrogen-bond donors (Lipinski definition) is 3. The van der Waals surface area contributed by atoms with Crippen LogP contribution >= 0.6 is 15.9 Å². The van der Waals surface area contributed by atoms with E-state index >= 15 is 0 Å². The standard InChI is InChI=1S/C9H11BrN2O2/c1-14-8-3-5(10)2-6(9(8)12)7(13)4-11/h2-4,13H,11-12H2,1H3/b7-4+. The van der Waals surface area contributed by atoms with Crippen molar-refractivity contribution in [1.29, 1.82) is 0 Å². The van der Waals surface area contributed by atoms with Crippen LogP contribution in [0.5, 0.6) is 5.75 Å². The summed E-state index contributed by atoms with van der Waals surface area (Å²) < 4.78 is 5.78. The van der Waals surface area contributed by atoms with Crippen LogP contribution in [0.15, 0.2) is 22.8 Å². The predicted octanol–water partition coefficient (Wildman–Crippen LogP) is 1.85. The molecule has 1 rings (SSSR count). The van der Waals surface area contributed by atoms with E-state index in [0.717, 1.165) is 10.7 Å². The minimum absolute atomic E-state index is 0.0814. The van der Waals surface area contributed by atoms with Crippen LogP contribution in [-0.2, 0) is 0 Å². The Labute approximate surface area is 90.3 Å². The summed E-state index contributed by atoms with van der Waals surface area (Å²) in [4.78, 5) is 0. The van der Waals surface area contributed by atoms with Crippen molar-refractivity contribution in [2.75, 3.05) is 12.8 Å². The van der Waals surface area contributed by atoms with Crippen molar-refractivity contribution in [2.45, 2.75) is 0 Å². The fourth-order valence-corrected chi connectivity index (χ4v) is 1.50. The molecule has 0 aliphatic heterocycles. The van der Waals surface area contributed by atoms with Crippen LogP contribution in [0.4, 0.5) is 5.69 Å². The van der Waals surface area contributed by atoms with Crippen molar-refractivity contribution in [3.63, 3.8) is 0 Å². The van der Waals surface area contributed by atoms with Gasteiger partial charge in [-0.15, -0.1) is 0 Å². The highest BCUT2D eigenvalue weighted by Gasteiger charge is 2.10. The summed E-state index contributed by atoms with van der Waals surface area (Å²) in [5.74, 6) is 0.407. The van der Waals surface area contributed by atoms with Gasteiger partial charge in [-0.1, -0.05) is 15.9 Å². The molecule has 0 aliphatic rings. The number of nitrogens with two attached hydrogens (primary N) is 2. The van der Waals surface area contributed by atoms with Crippen molar-refractivity contribution >= 4 is 27.4 Å². The maximum atomic E-state index is 9.43. The Morgan fingerprint density at radius 3 is 2.71 bits per heavy atom. The molecule has 0 spiro atoms. The molecular weight excluding hydrogens is 248 g/mol. The molecule has 5 heteroatoms. The zero-order valence-electron chi connectivity index (χ0n) is 7.62. The highest BCUT2D eigenvalue weighted by Crippen LogP contribution is 2.32. The summed E-state index contributed by atoms with van der Waals surface area (Å²) >= 11 is 3.27. The fourth-order valence-electron chi connectivity index (χ4n) is 1.06. The second-order valence-corrected chi connectivity index (χ2v) is 3.54. The van der Waals surface area contributed by atoms with Gasteiger partial charge in [0.2, 0.25) is 0 Å². The lowest BCUT2D eigenvalue weighted by molar-refractivity contribution is 0.416. The Bertz CT molecular complexity index is 377. The third-order valence-electron chi connectivity index (χ3n) is 1.76. The van der Waals surface area contributed by atoms with Crippen molar-refractivity contribution < 1.29 is 9.84 Å². The summed E-state index contributed by atoms with van der Waals surface area (Å²) in [5.41, 5.74) is 11.7. The average molecular weight is 259 g/mol. The van der Waals surface area contributed by atoms with Gasteiger partial charge >= 0.3 is 0 Å². The first-order chi connectivity index (χ1) is 6.60. The van der Waals surface area contributed by atoms with Crippen molar-refractivity contribution in [3.8, 4) is 5.75 Å². The van der Waals surface area contributed by atoms with Crippen LogP contribution in [-0.4, -0.2) is 12.2 Å². The lowest BCUT2D eigenvalue weighted by Gasteiger charge is -2.10. The zero-order chi connectivity index (χ0) is 10.7. The third-order valence-corrected chi connectivity index (χ3v) is 2.22. The molecule has 0 aliphatic carbocycles. The van der Waals surface area contributed by atoms with E-state index in [0.29, 0.717) is 17.0 Å². The zero-order valence-corrected chi connectivity index (χ0v) is 9.21. The highest BCUT2D eigenvalue weighted by molar-refractivity contribution is 9.10. The quantitative estimate of drug-likeness (QED) is 0.559. The van der Waals surface area contributed by atoms with E-state index in [1.807, 2.05) is 0 Å².